The lowest BCUT2D eigenvalue weighted by atomic mass is 10.4. The Morgan fingerprint density at radius 3 is 2.91 bits per heavy atom. The Labute approximate surface area is 65.3 Å². The Balaban J connectivity index is 2.94. The fraction of sp³-hybridized carbons (Fsp3) is 0.125. The van der Waals surface area contributed by atoms with E-state index >= 15 is 0 Å². The molecular weight excluding hydrogens is 140 g/mol. The molecule has 0 saturated heterocycles. The Bertz CT molecular complexity index is 276. The highest BCUT2D eigenvalue weighted by molar-refractivity contribution is 5.75. The van der Waals surface area contributed by atoms with E-state index < -0.39 is 0 Å². The fourth-order valence-electron chi connectivity index (χ4n) is 0.896. The van der Waals surface area contributed by atoms with Gasteiger partial charge in [0.2, 0.25) is 0 Å². The Morgan fingerprint density at radius 2 is 2.45 bits per heavy atom. The van der Waals surface area contributed by atoms with Gasteiger partial charge in [0.25, 0.3) is 0 Å². The fourth-order valence-corrected chi connectivity index (χ4v) is 0.896. The average Bonchev–Trinajstić information content (AvgIpc) is 2.32. The second-order valence-electron chi connectivity index (χ2n) is 2.23. The Kier molecular flexibility index (Phi) is 2.11. The molecule has 1 heterocycles. The molecule has 0 saturated carbocycles. The van der Waals surface area contributed by atoms with Gasteiger partial charge in [0.15, 0.2) is 6.29 Å². The quantitative estimate of drug-likeness (QED) is 0.661. The number of rotatable bonds is 3. The minimum Gasteiger partial charge on any atom is -0.361 e. The molecule has 1 aromatic heterocycles. The van der Waals surface area contributed by atoms with Crippen LogP contribution in [0.5, 0.6) is 0 Å². The number of carbonyl (C=O) groups excluding carboxylic acids is 1. The minimum absolute atomic E-state index is 0.648. The largest absolute Gasteiger partial charge is 0.361 e. The molecule has 0 radical (unpaired) electrons. The highest BCUT2D eigenvalue weighted by atomic mass is 16.1. The highest BCUT2D eigenvalue weighted by Crippen LogP contribution is 2.10. The molecule has 0 aliphatic rings. The van der Waals surface area contributed by atoms with Crippen LogP contribution in [-0.2, 0) is 7.05 Å². The number of aromatic nitrogens is 1. The lowest BCUT2D eigenvalue weighted by molar-refractivity contribution is 0.111. The minimum atomic E-state index is 0.648. The summed E-state index contributed by atoms with van der Waals surface area (Å²) in [5.74, 6) is 0. The van der Waals surface area contributed by atoms with Crippen LogP contribution in [0.15, 0.2) is 25.0 Å². The molecular formula is C8H10N2O. The van der Waals surface area contributed by atoms with E-state index in [4.69, 9.17) is 0 Å². The van der Waals surface area contributed by atoms with Crippen molar-refractivity contribution in [2.24, 2.45) is 7.05 Å². The van der Waals surface area contributed by atoms with E-state index in [0.717, 1.165) is 12.0 Å². The van der Waals surface area contributed by atoms with Crippen molar-refractivity contribution in [3.63, 3.8) is 0 Å². The number of nitrogens with zero attached hydrogens (tertiary/aromatic N) is 1. The maximum absolute atomic E-state index is 10.4. The first-order valence-corrected chi connectivity index (χ1v) is 3.27. The molecule has 0 amide bonds. The van der Waals surface area contributed by atoms with Gasteiger partial charge in [0.05, 0.1) is 11.4 Å². The Morgan fingerprint density at radius 1 is 1.73 bits per heavy atom. The highest BCUT2D eigenvalue weighted by Gasteiger charge is 1.98. The topological polar surface area (TPSA) is 34.0 Å². The summed E-state index contributed by atoms with van der Waals surface area (Å²) in [5, 5.41) is 2.89. The monoisotopic (exact) mass is 150 g/mol. The van der Waals surface area contributed by atoms with Crippen LogP contribution in [0.2, 0.25) is 0 Å². The lowest BCUT2D eigenvalue weighted by Gasteiger charge is -1.91. The molecule has 0 bridgehead atoms. The zero-order valence-corrected chi connectivity index (χ0v) is 6.37. The van der Waals surface area contributed by atoms with Crippen LogP contribution in [0.4, 0.5) is 5.69 Å². The van der Waals surface area contributed by atoms with Gasteiger partial charge in [-0.3, -0.25) is 4.79 Å². The van der Waals surface area contributed by atoms with E-state index in [1.54, 1.807) is 16.8 Å². The number of aryl methyl sites for hydroxylation is 1. The van der Waals surface area contributed by atoms with Crippen LogP contribution in [0.25, 0.3) is 0 Å². The second kappa shape index (κ2) is 3.05. The van der Waals surface area contributed by atoms with Gasteiger partial charge >= 0.3 is 0 Å². The van der Waals surface area contributed by atoms with Gasteiger partial charge in [-0.1, -0.05) is 6.58 Å². The molecule has 0 unspecified atom stereocenters. The molecule has 0 aliphatic heterocycles. The maximum atomic E-state index is 10.4. The van der Waals surface area contributed by atoms with Crippen molar-refractivity contribution < 1.29 is 4.79 Å². The summed E-state index contributed by atoms with van der Waals surface area (Å²) in [5.41, 5.74) is 1.53. The van der Waals surface area contributed by atoms with Crippen molar-refractivity contribution in [1.82, 2.24) is 4.57 Å². The predicted molar refractivity (Wildman–Crippen MR) is 44.6 cm³/mol. The summed E-state index contributed by atoms with van der Waals surface area (Å²) < 4.78 is 1.75. The van der Waals surface area contributed by atoms with E-state index in [1.165, 1.54) is 0 Å². The van der Waals surface area contributed by atoms with Crippen LogP contribution in [-0.4, -0.2) is 10.9 Å². The first-order chi connectivity index (χ1) is 5.27. The van der Waals surface area contributed by atoms with Gasteiger partial charge in [-0.05, 0) is 12.3 Å². The summed E-state index contributed by atoms with van der Waals surface area (Å²) >= 11 is 0. The zero-order chi connectivity index (χ0) is 8.27. The van der Waals surface area contributed by atoms with E-state index in [1.807, 2.05) is 13.2 Å². The van der Waals surface area contributed by atoms with Crippen LogP contribution in [0, 0.1) is 0 Å². The molecule has 3 nitrogen and oxygen atoms in total. The van der Waals surface area contributed by atoms with Crippen LogP contribution >= 0.6 is 0 Å². The van der Waals surface area contributed by atoms with Gasteiger partial charge in [-0.2, -0.15) is 0 Å². The zero-order valence-electron chi connectivity index (χ0n) is 6.37. The van der Waals surface area contributed by atoms with Crippen molar-refractivity contribution in [3.8, 4) is 0 Å². The third-order valence-electron chi connectivity index (χ3n) is 1.43. The lowest BCUT2D eigenvalue weighted by Crippen LogP contribution is -1.90. The van der Waals surface area contributed by atoms with E-state index in [2.05, 4.69) is 11.9 Å². The van der Waals surface area contributed by atoms with Crippen LogP contribution in [0.3, 0.4) is 0 Å². The number of nitrogens with one attached hydrogen (secondary N) is 1. The van der Waals surface area contributed by atoms with Crippen molar-refractivity contribution in [3.05, 3.63) is 30.7 Å². The molecule has 0 spiro atoms. The third kappa shape index (κ3) is 1.49. The van der Waals surface area contributed by atoms with Crippen LogP contribution in [0.1, 0.15) is 10.5 Å². The van der Waals surface area contributed by atoms with E-state index in [0.29, 0.717) is 5.69 Å². The summed E-state index contributed by atoms with van der Waals surface area (Å²) in [6.45, 7) is 3.51. The van der Waals surface area contributed by atoms with Crippen molar-refractivity contribution in [2.45, 2.75) is 0 Å². The van der Waals surface area contributed by atoms with Gasteiger partial charge in [-0.25, -0.2) is 0 Å². The molecule has 0 fully saturated rings. The second-order valence-corrected chi connectivity index (χ2v) is 2.23. The van der Waals surface area contributed by atoms with Crippen molar-refractivity contribution >= 4 is 12.0 Å². The normalized spacial score (nSPS) is 9.18. The number of hydrogen-bond donors (Lipinski definition) is 1. The smallest absolute Gasteiger partial charge is 0.166 e. The van der Waals surface area contributed by atoms with Crippen molar-refractivity contribution in [1.29, 1.82) is 0 Å². The standard InChI is InChI=1S/C8H10N2O/c1-3-9-7-4-8(6-11)10(2)5-7/h3-6,9H,1H2,2H3. The SMILES string of the molecule is C=CNc1cc(C=O)n(C)c1. The molecule has 1 rings (SSSR count). The van der Waals surface area contributed by atoms with E-state index in [9.17, 15) is 4.79 Å². The van der Waals surface area contributed by atoms with Gasteiger partial charge in [0, 0.05) is 13.2 Å². The van der Waals surface area contributed by atoms with E-state index in [-0.39, 0.29) is 0 Å². The molecule has 0 aromatic carbocycles. The molecule has 0 aliphatic carbocycles. The number of aldehydes is 1. The number of anilines is 1. The first kappa shape index (κ1) is 7.60. The molecule has 3 heteroatoms. The maximum Gasteiger partial charge on any atom is 0.166 e. The molecule has 1 N–H and O–H groups in total. The third-order valence-corrected chi connectivity index (χ3v) is 1.43. The van der Waals surface area contributed by atoms with Crippen molar-refractivity contribution in [2.75, 3.05) is 5.32 Å². The van der Waals surface area contributed by atoms with Gasteiger partial charge in [0.1, 0.15) is 0 Å². The summed E-state index contributed by atoms with van der Waals surface area (Å²) in [4.78, 5) is 10.4. The molecule has 0 atom stereocenters. The molecule has 11 heavy (non-hydrogen) atoms. The summed E-state index contributed by atoms with van der Waals surface area (Å²) in [6, 6.07) is 1.76. The number of carbonyl (C=O) groups is 1. The first-order valence-electron chi connectivity index (χ1n) is 3.27. The number of hydrogen-bond acceptors (Lipinski definition) is 2. The predicted octanol–water partition coefficient (Wildman–Crippen LogP) is 1.39. The average molecular weight is 150 g/mol. The van der Waals surface area contributed by atoms with Gasteiger partial charge in [-0.15, -0.1) is 0 Å². The molecule has 1 aromatic rings. The summed E-state index contributed by atoms with van der Waals surface area (Å²) in [7, 11) is 1.82. The molecule has 58 valence electrons. The Hall–Kier alpha value is -1.51. The van der Waals surface area contributed by atoms with Gasteiger partial charge < -0.3 is 9.88 Å². The van der Waals surface area contributed by atoms with Crippen LogP contribution < -0.4 is 5.32 Å². The summed E-state index contributed by atoms with van der Waals surface area (Å²) in [6.07, 6.45) is 4.21.